The molecule has 2 rings (SSSR count). The lowest BCUT2D eigenvalue weighted by Crippen LogP contribution is -2.27. The third kappa shape index (κ3) is 8.68. The summed E-state index contributed by atoms with van der Waals surface area (Å²) in [6, 6.07) is 7.82. The van der Waals surface area contributed by atoms with E-state index in [1.54, 1.807) is 0 Å². The van der Waals surface area contributed by atoms with E-state index in [1.807, 2.05) is 44.2 Å². The van der Waals surface area contributed by atoms with Gasteiger partial charge in [0.05, 0.1) is 6.61 Å². The highest BCUT2D eigenvalue weighted by Gasteiger charge is 2.35. The minimum Gasteiger partial charge on any atom is -0.316 e. The minimum absolute atomic E-state index is 0.0269. The van der Waals surface area contributed by atoms with E-state index in [2.05, 4.69) is 18.2 Å². The second-order valence-corrected chi connectivity index (χ2v) is 8.09. The number of allylic oxidation sites excluding steroid dienone is 4. The van der Waals surface area contributed by atoms with Crippen molar-refractivity contribution in [3.8, 4) is 0 Å². The van der Waals surface area contributed by atoms with Crippen LogP contribution in [0.1, 0.15) is 76.3 Å². The summed E-state index contributed by atoms with van der Waals surface area (Å²) in [4.78, 5) is 0. The first-order valence-corrected chi connectivity index (χ1v) is 10.8. The third-order valence-electron chi connectivity index (χ3n) is 5.78. The van der Waals surface area contributed by atoms with E-state index >= 15 is 0 Å². The fraction of sp³-hybridized carbons (Fsp3) is 0.600. The Labute approximate surface area is 169 Å². The maximum Gasteiger partial charge on any atom is 0.356 e. The van der Waals surface area contributed by atoms with Gasteiger partial charge in [0.25, 0.3) is 0 Å². The van der Waals surface area contributed by atoms with E-state index < -0.39 is 6.11 Å². The molecule has 156 valence electrons. The predicted octanol–water partition coefficient (Wildman–Crippen LogP) is 7.86. The van der Waals surface area contributed by atoms with Gasteiger partial charge >= 0.3 is 6.11 Å². The first-order valence-electron chi connectivity index (χ1n) is 10.8. The Hall–Kier alpha value is -1.48. The van der Waals surface area contributed by atoms with Crippen molar-refractivity contribution >= 4 is 0 Å². The van der Waals surface area contributed by atoms with E-state index in [9.17, 15) is 8.78 Å². The molecule has 0 bridgehead atoms. The third-order valence-corrected chi connectivity index (χ3v) is 5.78. The zero-order valence-electron chi connectivity index (χ0n) is 17.5. The lowest BCUT2D eigenvalue weighted by molar-refractivity contribution is -0.256. The van der Waals surface area contributed by atoms with Gasteiger partial charge in [-0.1, -0.05) is 61.4 Å². The SMILES string of the molecule is CC=CCCc1ccc(COC(F)(F)CC2CCC(CCC=CC)CC2)cc1. The van der Waals surface area contributed by atoms with E-state index in [0.29, 0.717) is 5.92 Å². The fourth-order valence-corrected chi connectivity index (χ4v) is 4.03. The summed E-state index contributed by atoms with van der Waals surface area (Å²) in [5, 5.41) is 0. The van der Waals surface area contributed by atoms with Gasteiger partial charge in [-0.2, -0.15) is 8.78 Å². The molecule has 0 heterocycles. The molecule has 0 saturated heterocycles. The number of ether oxygens (including phenoxy) is 1. The first kappa shape index (κ1) is 22.8. The Bertz CT molecular complexity index is 595. The molecule has 0 amide bonds. The molecule has 1 aliphatic rings. The van der Waals surface area contributed by atoms with Crippen LogP contribution < -0.4 is 0 Å². The van der Waals surface area contributed by atoms with Gasteiger partial charge < -0.3 is 4.74 Å². The van der Waals surface area contributed by atoms with Gasteiger partial charge in [0, 0.05) is 6.42 Å². The molecule has 1 aromatic rings. The maximum absolute atomic E-state index is 14.3. The van der Waals surface area contributed by atoms with Crippen molar-refractivity contribution in [1.29, 1.82) is 0 Å². The Kier molecular flexibility index (Phi) is 9.91. The molecule has 1 aromatic carbocycles. The minimum atomic E-state index is -3.03. The molecular formula is C25H36F2O. The summed E-state index contributed by atoms with van der Waals surface area (Å²) >= 11 is 0. The summed E-state index contributed by atoms with van der Waals surface area (Å²) < 4.78 is 33.6. The van der Waals surface area contributed by atoms with Crippen molar-refractivity contribution in [3.05, 3.63) is 59.7 Å². The number of hydrogen-bond donors (Lipinski definition) is 0. The molecule has 1 saturated carbocycles. The van der Waals surface area contributed by atoms with Crippen LogP contribution in [-0.2, 0) is 17.8 Å². The normalized spacial score (nSPS) is 21.0. The monoisotopic (exact) mass is 390 g/mol. The number of rotatable bonds is 11. The van der Waals surface area contributed by atoms with Crippen molar-refractivity contribution in [2.45, 2.75) is 84.4 Å². The zero-order chi connectivity index (χ0) is 20.2. The highest BCUT2D eigenvalue weighted by molar-refractivity contribution is 5.22. The lowest BCUT2D eigenvalue weighted by atomic mass is 9.78. The van der Waals surface area contributed by atoms with Crippen molar-refractivity contribution in [2.24, 2.45) is 11.8 Å². The van der Waals surface area contributed by atoms with Crippen LogP contribution in [0.3, 0.4) is 0 Å². The molecule has 0 aromatic heterocycles. The van der Waals surface area contributed by atoms with Crippen LogP contribution in [0, 0.1) is 11.8 Å². The van der Waals surface area contributed by atoms with E-state index in [4.69, 9.17) is 4.74 Å². The zero-order valence-corrected chi connectivity index (χ0v) is 17.5. The topological polar surface area (TPSA) is 9.23 Å². The van der Waals surface area contributed by atoms with Gasteiger partial charge in [-0.25, -0.2) is 0 Å². The van der Waals surface area contributed by atoms with E-state index in [-0.39, 0.29) is 18.9 Å². The second kappa shape index (κ2) is 12.2. The maximum atomic E-state index is 14.3. The van der Waals surface area contributed by atoms with Crippen LogP contribution >= 0.6 is 0 Å². The largest absolute Gasteiger partial charge is 0.356 e. The highest BCUT2D eigenvalue weighted by Crippen LogP contribution is 2.38. The van der Waals surface area contributed by atoms with Gasteiger partial charge in [0.2, 0.25) is 0 Å². The number of halogens is 2. The van der Waals surface area contributed by atoms with Gasteiger partial charge in [-0.3, -0.25) is 0 Å². The van der Waals surface area contributed by atoms with Crippen LogP contribution in [0.5, 0.6) is 0 Å². The van der Waals surface area contributed by atoms with E-state index in [1.165, 1.54) is 12.0 Å². The average molecular weight is 391 g/mol. The van der Waals surface area contributed by atoms with Gasteiger partial charge in [0.1, 0.15) is 0 Å². The van der Waals surface area contributed by atoms with Crippen LogP contribution in [-0.4, -0.2) is 6.11 Å². The molecule has 0 aliphatic heterocycles. The number of aryl methyl sites for hydroxylation is 1. The quantitative estimate of drug-likeness (QED) is 0.349. The molecule has 3 heteroatoms. The standard InChI is InChI=1S/C25H36F2O/c1-3-5-7-9-21-11-15-23(16-12-21)19-25(26,27)28-20-24-17-13-22(14-18-24)10-8-6-4-2/h3-6,13-14,17-18,21,23H,7-12,15-16,19-20H2,1-2H3. The van der Waals surface area contributed by atoms with Gasteiger partial charge in [0.15, 0.2) is 0 Å². The van der Waals surface area contributed by atoms with Crippen LogP contribution in [0.4, 0.5) is 8.78 Å². The molecule has 0 N–H and O–H groups in total. The fourth-order valence-electron chi connectivity index (χ4n) is 4.03. The predicted molar refractivity (Wildman–Crippen MR) is 113 cm³/mol. The number of benzene rings is 1. The van der Waals surface area contributed by atoms with Crippen molar-refractivity contribution in [1.82, 2.24) is 0 Å². The second-order valence-electron chi connectivity index (χ2n) is 8.09. The summed E-state index contributed by atoms with van der Waals surface area (Å²) in [5.41, 5.74) is 2.03. The average Bonchev–Trinajstić information content (AvgIpc) is 2.69. The van der Waals surface area contributed by atoms with Crippen LogP contribution in [0.25, 0.3) is 0 Å². The lowest BCUT2D eigenvalue weighted by Gasteiger charge is -2.30. The summed E-state index contributed by atoms with van der Waals surface area (Å²) in [6.45, 7) is 4.02. The Morgan fingerprint density at radius 2 is 1.46 bits per heavy atom. The van der Waals surface area contributed by atoms with Crippen molar-refractivity contribution in [2.75, 3.05) is 0 Å². The summed E-state index contributed by atoms with van der Waals surface area (Å²) in [7, 11) is 0. The Morgan fingerprint density at radius 1 is 0.893 bits per heavy atom. The molecule has 1 fully saturated rings. The molecule has 0 atom stereocenters. The van der Waals surface area contributed by atoms with Crippen molar-refractivity contribution < 1.29 is 13.5 Å². The molecule has 28 heavy (non-hydrogen) atoms. The van der Waals surface area contributed by atoms with Crippen LogP contribution in [0.15, 0.2) is 48.6 Å². The molecule has 1 aliphatic carbocycles. The first-order chi connectivity index (χ1) is 13.5. The number of hydrogen-bond acceptors (Lipinski definition) is 1. The molecule has 0 spiro atoms. The van der Waals surface area contributed by atoms with E-state index in [0.717, 1.165) is 50.5 Å². The molecule has 0 unspecified atom stereocenters. The number of alkyl halides is 2. The molecule has 1 nitrogen and oxygen atoms in total. The van der Waals surface area contributed by atoms with Gasteiger partial charge in [-0.15, -0.1) is 0 Å². The smallest absolute Gasteiger partial charge is 0.316 e. The van der Waals surface area contributed by atoms with Crippen LogP contribution in [0.2, 0.25) is 0 Å². The molecular weight excluding hydrogens is 354 g/mol. The summed E-state index contributed by atoms with van der Waals surface area (Å²) in [6.07, 6.45) is 13.5. The Balaban J connectivity index is 1.70. The Morgan fingerprint density at radius 3 is 2.11 bits per heavy atom. The molecule has 0 radical (unpaired) electrons. The van der Waals surface area contributed by atoms with Crippen molar-refractivity contribution in [3.63, 3.8) is 0 Å². The summed E-state index contributed by atoms with van der Waals surface area (Å²) in [5.74, 6) is 0.787. The van der Waals surface area contributed by atoms with Gasteiger partial charge in [-0.05, 0) is 75.3 Å². The highest BCUT2D eigenvalue weighted by atomic mass is 19.3.